The van der Waals surface area contributed by atoms with Crippen molar-refractivity contribution in [2.75, 3.05) is 12.4 Å². The lowest BCUT2D eigenvalue weighted by Gasteiger charge is -2.31. The molecule has 0 spiro atoms. The average Bonchev–Trinajstić information content (AvgIpc) is 2.93. The second-order valence-electron chi connectivity index (χ2n) is 6.42. The maximum absolute atomic E-state index is 14.5. The first kappa shape index (κ1) is 18.9. The van der Waals surface area contributed by atoms with Crippen molar-refractivity contribution in [2.45, 2.75) is 25.1 Å². The lowest BCUT2D eigenvalue weighted by molar-refractivity contribution is -0.187. The van der Waals surface area contributed by atoms with E-state index in [0.717, 1.165) is 6.07 Å². The van der Waals surface area contributed by atoms with Gasteiger partial charge in [-0.05, 0) is 37.3 Å². The lowest BCUT2D eigenvalue weighted by atomic mass is 9.79. The molecule has 0 saturated heterocycles. The molecule has 1 aromatic carbocycles. The zero-order valence-electron chi connectivity index (χ0n) is 14.6. The number of nitrogens with zero attached hydrogens (tertiary/aromatic N) is 2. The Kier molecular flexibility index (Phi) is 4.71. The van der Waals surface area contributed by atoms with E-state index in [1.165, 1.54) is 32.4 Å². The summed E-state index contributed by atoms with van der Waals surface area (Å²) in [5.74, 6) is -2.05. The molecular formula is C18H18F4N4O. The van der Waals surface area contributed by atoms with Crippen molar-refractivity contribution >= 4 is 17.3 Å². The molecular weight excluding hydrogens is 364 g/mol. The third-order valence-electron chi connectivity index (χ3n) is 4.63. The molecule has 9 heteroatoms. The van der Waals surface area contributed by atoms with Gasteiger partial charge in [-0.3, -0.25) is 4.99 Å². The van der Waals surface area contributed by atoms with Crippen LogP contribution in [0.25, 0.3) is 0 Å². The molecule has 27 heavy (non-hydrogen) atoms. The second kappa shape index (κ2) is 6.71. The third-order valence-corrected chi connectivity index (χ3v) is 4.63. The van der Waals surface area contributed by atoms with Crippen molar-refractivity contribution in [2.24, 2.45) is 16.6 Å². The number of pyridine rings is 1. The first-order chi connectivity index (χ1) is 12.6. The van der Waals surface area contributed by atoms with Crippen LogP contribution < -0.4 is 15.8 Å². The van der Waals surface area contributed by atoms with Gasteiger partial charge in [0.1, 0.15) is 5.82 Å². The molecule has 0 fully saturated rings. The van der Waals surface area contributed by atoms with E-state index in [-0.39, 0.29) is 11.4 Å². The van der Waals surface area contributed by atoms with Crippen molar-refractivity contribution in [3.8, 4) is 5.75 Å². The van der Waals surface area contributed by atoms with Gasteiger partial charge in [-0.2, -0.15) is 13.2 Å². The standard InChI is InChI=1S/C18H18F4N4O/c1-17(14(18(20,21)22)9-15(23)26-17)11-8-10(5-6-12(11)19)25-16-13(27-2)4-3-7-24-16/h3-8,14H,9H2,1-2H3,(H2,23,26)(H,24,25)/t14-,17-/m0/s1. The Bertz CT molecular complexity index is 884. The lowest BCUT2D eigenvalue weighted by Crippen LogP contribution is -2.38. The van der Waals surface area contributed by atoms with Crippen LogP contribution in [0.3, 0.4) is 0 Å². The van der Waals surface area contributed by atoms with E-state index in [2.05, 4.69) is 15.3 Å². The number of benzene rings is 1. The van der Waals surface area contributed by atoms with Crippen molar-refractivity contribution < 1.29 is 22.3 Å². The molecule has 0 amide bonds. The van der Waals surface area contributed by atoms with E-state index in [9.17, 15) is 17.6 Å². The van der Waals surface area contributed by atoms with Crippen molar-refractivity contribution in [1.29, 1.82) is 0 Å². The number of aliphatic imine (C=N–C) groups is 1. The SMILES string of the molecule is COc1cccnc1Nc1ccc(F)c([C@]2(C)N=C(N)C[C@@H]2C(F)(F)F)c1. The van der Waals surface area contributed by atoms with Crippen molar-refractivity contribution in [1.82, 2.24) is 4.98 Å². The number of amidine groups is 1. The smallest absolute Gasteiger partial charge is 0.394 e. The van der Waals surface area contributed by atoms with Gasteiger partial charge < -0.3 is 15.8 Å². The molecule has 1 aliphatic heterocycles. The Balaban J connectivity index is 2.03. The van der Waals surface area contributed by atoms with Crippen LogP contribution in [0.5, 0.6) is 5.75 Å². The summed E-state index contributed by atoms with van der Waals surface area (Å²) in [6.07, 6.45) is -3.51. The maximum atomic E-state index is 14.5. The minimum absolute atomic E-state index is 0.149. The number of halogens is 4. The summed E-state index contributed by atoms with van der Waals surface area (Å²) in [6.45, 7) is 1.24. The van der Waals surface area contributed by atoms with Gasteiger partial charge >= 0.3 is 6.18 Å². The molecule has 2 atom stereocenters. The normalized spacial score (nSPS) is 22.4. The first-order valence-corrected chi connectivity index (χ1v) is 8.12. The van der Waals surface area contributed by atoms with Crippen LogP contribution in [0.1, 0.15) is 18.9 Å². The van der Waals surface area contributed by atoms with E-state index in [1.54, 1.807) is 12.1 Å². The molecule has 0 radical (unpaired) electrons. The van der Waals surface area contributed by atoms with Gasteiger partial charge in [-0.15, -0.1) is 0 Å². The molecule has 3 N–H and O–H groups in total. The number of rotatable bonds is 4. The van der Waals surface area contributed by atoms with Crippen LogP contribution in [0.15, 0.2) is 41.5 Å². The van der Waals surface area contributed by atoms with Crippen LogP contribution in [0, 0.1) is 11.7 Å². The minimum atomic E-state index is -4.57. The number of nitrogens with one attached hydrogen (secondary N) is 1. The number of nitrogens with two attached hydrogens (primary N) is 1. The largest absolute Gasteiger partial charge is 0.493 e. The highest BCUT2D eigenvalue weighted by molar-refractivity contribution is 5.83. The molecule has 2 aromatic rings. The Morgan fingerprint density at radius 1 is 1.30 bits per heavy atom. The van der Waals surface area contributed by atoms with E-state index in [4.69, 9.17) is 10.5 Å². The van der Waals surface area contributed by atoms with E-state index in [0.29, 0.717) is 17.3 Å². The van der Waals surface area contributed by atoms with Gasteiger partial charge in [0.15, 0.2) is 11.6 Å². The Morgan fingerprint density at radius 3 is 2.70 bits per heavy atom. The summed E-state index contributed by atoms with van der Waals surface area (Å²) in [6, 6.07) is 7.13. The molecule has 0 bridgehead atoms. The van der Waals surface area contributed by atoms with E-state index >= 15 is 0 Å². The highest BCUT2D eigenvalue weighted by atomic mass is 19.4. The number of aromatic nitrogens is 1. The summed E-state index contributed by atoms with van der Waals surface area (Å²) in [7, 11) is 1.46. The molecule has 5 nitrogen and oxygen atoms in total. The van der Waals surface area contributed by atoms with Gasteiger partial charge in [0.2, 0.25) is 0 Å². The summed E-state index contributed by atoms with van der Waals surface area (Å²) < 4.78 is 60.2. The predicted octanol–water partition coefficient (Wildman–Crippen LogP) is 4.13. The van der Waals surface area contributed by atoms with Crippen molar-refractivity contribution in [3.05, 3.63) is 47.9 Å². The number of methoxy groups -OCH3 is 1. The van der Waals surface area contributed by atoms with Crippen LogP contribution in [-0.4, -0.2) is 24.1 Å². The van der Waals surface area contributed by atoms with Crippen LogP contribution in [0.4, 0.5) is 29.1 Å². The Labute approximate surface area is 153 Å². The predicted molar refractivity (Wildman–Crippen MR) is 93.6 cm³/mol. The highest BCUT2D eigenvalue weighted by Gasteiger charge is 2.56. The first-order valence-electron chi connectivity index (χ1n) is 8.12. The summed E-state index contributed by atoms with van der Waals surface area (Å²) in [5, 5.41) is 2.93. The minimum Gasteiger partial charge on any atom is -0.493 e. The fourth-order valence-corrected chi connectivity index (χ4v) is 3.29. The molecule has 1 aliphatic rings. The quantitative estimate of drug-likeness (QED) is 0.780. The molecule has 1 aromatic heterocycles. The van der Waals surface area contributed by atoms with Crippen molar-refractivity contribution in [3.63, 3.8) is 0 Å². The fraction of sp³-hybridized carbons (Fsp3) is 0.333. The second-order valence-corrected chi connectivity index (χ2v) is 6.42. The Morgan fingerprint density at radius 2 is 2.04 bits per heavy atom. The zero-order chi connectivity index (χ0) is 19.8. The molecule has 0 saturated carbocycles. The fourth-order valence-electron chi connectivity index (χ4n) is 3.29. The molecule has 0 aliphatic carbocycles. The van der Waals surface area contributed by atoms with Gasteiger partial charge in [0.05, 0.1) is 24.4 Å². The van der Waals surface area contributed by atoms with E-state index in [1.807, 2.05) is 0 Å². The summed E-state index contributed by atoms with van der Waals surface area (Å²) in [5.41, 5.74) is 3.88. The van der Waals surface area contributed by atoms with Crippen LogP contribution in [0.2, 0.25) is 0 Å². The molecule has 144 valence electrons. The topological polar surface area (TPSA) is 72.5 Å². The number of hydrogen-bond acceptors (Lipinski definition) is 5. The van der Waals surface area contributed by atoms with Gasteiger partial charge in [-0.1, -0.05) is 0 Å². The molecule has 3 rings (SSSR count). The zero-order valence-corrected chi connectivity index (χ0v) is 14.6. The monoisotopic (exact) mass is 382 g/mol. The van der Waals surface area contributed by atoms with E-state index < -0.39 is 29.9 Å². The number of alkyl halides is 3. The van der Waals surface area contributed by atoms with Gasteiger partial charge in [0.25, 0.3) is 0 Å². The summed E-state index contributed by atoms with van der Waals surface area (Å²) in [4.78, 5) is 8.07. The summed E-state index contributed by atoms with van der Waals surface area (Å²) >= 11 is 0. The van der Waals surface area contributed by atoms with Crippen LogP contribution in [-0.2, 0) is 5.54 Å². The third kappa shape index (κ3) is 3.54. The van der Waals surface area contributed by atoms with Gasteiger partial charge in [0, 0.05) is 23.9 Å². The van der Waals surface area contributed by atoms with Crippen LogP contribution >= 0.6 is 0 Å². The highest BCUT2D eigenvalue weighted by Crippen LogP contribution is 2.49. The number of hydrogen-bond donors (Lipinski definition) is 2. The molecule has 2 heterocycles. The maximum Gasteiger partial charge on any atom is 0.394 e. The number of anilines is 2. The van der Waals surface area contributed by atoms with Gasteiger partial charge in [-0.25, -0.2) is 9.37 Å². The average molecular weight is 382 g/mol. The Hall–Kier alpha value is -2.84. The molecule has 0 unspecified atom stereocenters. The number of ether oxygens (including phenoxy) is 1.